The molecule has 2 aliphatic rings. The SMILES string of the molecule is O=C(c1ccc(CSc2ccc(C(F)(F)F)cn2)cc1)N1[C@H]2CC[C@H]1CC(Oc1ccc(F)cc1F)C2. The van der Waals surface area contributed by atoms with Gasteiger partial charge in [-0.25, -0.2) is 13.8 Å². The highest BCUT2D eigenvalue weighted by atomic mass is 32.2. The normalized spacial score (nSPS) is 21.2. The Bertz CT molecular complexity index is 1250. The van der Waals surface area contributed by atoms with E-state index in [9.17, 15) is 26.7 Å². The van der Waals surface area contributed by atoms with Crippen molar-refractivity contribution in [3.8, 4) is 5.75 Å². The summed E-state index contributed by atoms with van der Waals surface area (Å²) < 4.78 is 71.1. The Kier molecular flexibility index (Phi) is 7.11. The van der Waals surface area contributed by atoms with Crippen molar-refractivity contribution in [2.24, 2.45) is 0 Å². The van der Waals surface area contributed by atoms with Crippen LogP contribution in [0.1, 0.15) is 47.2 Å². The lowest BCUT2D eigenvalue weighted by Crippen LogP contribution is -2.49. The van der Waals surface area contributed by atoms with E-state index in [1.165, 1.54) is 23.9 Å². The lowest BCUT2D eigenvalue weighted by molar-refractivity contribution is -0.137. The Morgan fingerprint density at radius 3 is 2.30 bits per heavy atom. The maximum absolute atomic E-state index is 14.0. The number of pyridine rings is 1. The van der Waals surface area contributed by atoms with E-state index in [4.69, 9.17) is 4.74 Å². The van der Waals surface area contributed by atoms with Crippen molar-refractivity contribution >= 4 is 17.7 Å². The summed E-state index contributed by atoms with van der Waals surface area (Å²) in [6.45, 7) is 0. The second-order valence-corrected chi connectivity index (χ2v) is 10.2. The van der Waals surface area contributed by atoms with Gasteiger partial charge in [-0.3, -0.25) is 4.79 Å². The van der Waals surface area contributed by atoms with Gasteiger partial charge in [0.2, 0.25) is 0 Å². The minimum atomic E-state index is -4.42. The number of piperidine rings is 1. The fourth-order valence-electron chi connectivity index (χ4n) is 4.99. The van der Waals surface area contributed by atoms with Crippen LogP contribution in [0.2, 0.25) is 0 Å². The average molecular weight is 535 g/mol. The highest BCUT2D eigenvalue weighted by molar-refractivity contribution is 7.98. The van der Waals surface area contributed by atoms with Crippen LogP contribution < -0.4 is 4.74 Å². The summed E-state index contributed by atoms with van der Waals surface area (Å²) in [5, 5.41) is 0.482. The summed E-state index contributed by atoms with van der Waals surface area (Å²) in [6.07, 6.45) is -1.00. The Labute approximate surface area is 214 Å². The van der Waals surface area contributed by atoms with Crippen molar-refractivity contribution in [3.63, 3.8) is 0 Å². The van der Waals surface area contributed by atoms with Crippen molar-refractivity contribution < 1.29 is 31.5 Å². The molecule has 0 saturated carbocycles. The predicted molar refractivity (Wildman–Crippen MR) is 128 cm³/mol. The van der Waals surface area contributed by atoms with E-state index in [0.29, 0.717) is 29.2 Å². The van der Waals surface area contributed by atoms with E-state index in [2.05, 4.69) is 4.98 Å². The van der Waals surface area contributed by atoms with Gasteiger partial charge in [-0.05, 0) is 54.8 Å². The van der Waals surface area contributed by atoms with Gasteiger partial charge in [0.05, 0.1) is 10.6 Å². The number of nitrogens with zero attached hydrogens (tertiary/aromatic N) is 2. The molecule has 0 aliphatic carbocycles. The van der Waals surface area contributed by atoms with E-state index < -0.39 is 23.4 Å². The van der Waals surface area contributed by atoms with Crippen LogP contribution >= 0.6 is 11.8 Å². The number of rotatable bonds is 6. The van der Waals surface area contributed by atoms with Crippen LogP contribution in [-0.4, -0.2) is 34.0 Å². The summed E-state index contributed by atoms with van der Waals surface area (Å²) >= 11 is 1.31. The Hall–Kier alpha value is -3.14. The van der Waals surface area contributed by atoms with Crippen molar-refractivity contribution in [2.45, 2.75) is 60.8 Å². The van der Waals surface area contributed by atoms with E-state index in [1.807, 2.05) is 17.0 Å². The standard InChI is InChI=1S/C27H23F5N2O2S/c28-19-6-9-24(23(29)11-19)36-22-12-20-7-8-21(13-22)34(20)26(35)17-3-1-16(2-4-17)15-37-25-10-5-18(14-33-25)27(30,31)32/h1-6,9-11,14,20-22H,7-8,12-13,15H2/t20-,21-/m0/s1. The third kappa shape index (κ3) is 5.74. The third-order valence-electron chi connectivity index (χ3n) is 6.76. The zero-order chi connectivity index (χ0) is 26.2. The number of hydrogen-bond acceptors (Lipinski definition) is 4. The molecule has 0 spiro atoms. The molecule has 2 fully saturated rings. The number of benzene rings is 2. The molecule has 2 atom stereocenters. The molecule has 194 valence electrons. The van der Waals surface area contributed by atoms with Crippen LogP contribution in [0.25, 0.3) is 0 Å². The van der Waals surface area contributed by atoms with Crippen LogP contribution in [0.3, 0.4) is 0 Å². The largest absolute Gasteiger partial charge is 0.487 e. The number of ether oxygens (including phenoxy) is 1. The zero-order valence-corrected chi connectivity index (χ0v) is 20.4. The fourth-order valence-corrected chi connectivity index (χ4v) is 5.79. The van der Waals surface area contributed by atoms with Gasteiger partial charge in [0, 0.05) is 48.5 Å². The first-order valence-electron chi connectivity index (χ1n) is 11.9. The molecule has 3 aromatic rings. The summed E-state index contributed by atoms with van der Waals surface area (Å²) in [6, 6.07) is 12.8. The molecular formula is C27H23F5N2O2S. The molecular weight excluding hydrogens is 511 g/mol. The van der Waals surface area contributed by atoms with Crippen molar-refractivity contribution in [3.05, 3.63) is 89.1 Å². The molecule has 4 nitrogen and oxygen atoms in total. The summed E-state index contributed by atoms with van der Waals surface area (Å²) in [4.78, 5) is 19.1. The molecule has 10 heteroatoms. The number of halogens is 5. The number of aromatic nitrogens is 1. The molecule has 0 unspecified atom stereocenters. The van der Waals surface area contributed by atoms with Gasteiger partial charge in [-0.15, -0.1) is 11.8 Å². The molecule has 2 aliphatic heterocycles. The number of carbonyl (C=O) groups is 1. The number of thioether (sulfide) groups is 1. The van der Waals surface area contributed by atoms with E-state index in [1.54, 1.807) is 12.1 Å². The van der Waals surface area contributed by atoms with Crippen LogP contribution in [-0.2, 0) is 11.9 Å². The molecule has 5 rings (SSSR count). The quantitative estimate of drug-likeness (QED) is 0.255. The third-order valence-corrected chi connectivity index (χ3v) is 7.78. The Morgan fingerprint density at radius 1 is 1.00 bits per heavy atom. The van der Waals surface area contributed by atoms with Gasteiger partial charge in [0.1, 0.15) is 11.9 Å². The highest BCUT2D eigenvalue weighted by Gasteiger charge is 2.44. The highest BCUT2D eigenvalue weighted by Crippen LogP contribution is 2.39. The van der Waals surface area contributed by atoms with Gasteiger partial charge >= 0.3 is 6.18 Å². The van der Waals surface area contributed by atoms with Gasteiger partial charge in [-0.2, -0.15) is 13.2 Å². The molecule has 1 aromatic heterocycles. The summed E-state index contributed by atoms with van der Waals surface area (Å²) in [5.41, 5.74) is 0.689. The molecule has 1 amide bonds. The monoisotopic (exact) mass is 534 g/mol. The smallest absolute Gasteiger partial charge is 0.417 e. The maximum atomic E-state index is 14.0. The van der Waals surface area contributed by atoms with Crippen LogP contribution in [0.15, 0.2) is 65.8 Å². The first kappa shape index (κ1) is 25.5. The predicted octanol–water partition coefficient (Wildman–Crippen LogP) is 6.89. The topological polar surface area (TPSA) is 42.4 Å². The first-order chi connectivity index (χ1) is 17.7. The number of alkyl halides is 3. The Morgan fingerprint density at radius 2 is 1.70 bits per heavy atom. The number of hydrogen-bond donors (Lipinski definition) is 0. The molecule has 0 N–H and O–H groups in total. The Balaban J connectivity index is 1.18. The number of fused-ring (bicyclic) bond motifs is 2. The molecule has 0 radical (unpaired) electrons. The van der Waals surface area contributed by atoms with Crippen LogP contribution in [0, 0.1) is 11.6 Å². The molecule has 3 heterocycles. The van der Waals surface area contributed by atoms with Crippen LogP contribution in [0.5, 0.6) is 5.75 Å². The lowest BCUT2D eigenvalue weighted by Gasteiger charge is -2.39. The van der Waals surface area contributed by atoms with Crippen molar-refractivity contribution in [2.75, 3.05) is 0 Å². The molecule has 37 heavy (non-hydrogen) atoms. The van der Waals surface area contributed by atoms with Gasteiger partial charge < -0.3 is 9.64 Å². The first-order valence-corrected chi connectivity index (χ1v) is 12.9. The summed E-state index contributed by atoms with van der Waals surface area (Å²) in [7, 11) is 0. The number of carbonyl (C=O) groups excluding carboxylic acids is 1. The summed E-state index contributed by atoms with van der Waals surface area (Å²) in [5.74, 6) is -0.946. The molecule has 2 aromatic carbocycles. The van der Waals surface area contributed by atoms with Crippen molar-refractivity contribution in [1.29, 1.82) is 0 Å². The number of amides is 1. The minimum absolute atomic E-state index is 0.0132. The van der Waals surface area contributed by atoms with Gasteiger partial charge in [0.15, 0.2) is 11.6 Å². The van der Waals surface area contributed by atoms with E-state index in [0.717, 1.165) is 42.8 Å². The van der Waals surface area contributed by atoms with Gasteiger partial charge in [-0.1, -0.05) is 12.1 Å². The van der Waals surface area contributed by atoms with Gasteiger partial charge in [0.25, 0.3) is 5.91 Å². The van der Waals surface area contributed by atoms with Crippen molar-refractivity contribution in [1.82, 2.24) is 9.88 Å². The molecule has 2 bridgehead atoms. The maximum Gasteiger partial charge on any atom is 0.417 e. The second kappa shape index (κ2) is 10.3. The van der Waals surface area contributed by atoms with E-state index in [-0.39, 0.29) is 29.8 Å². The van der Waals surface area contributed by atoms with E-state index >= 15 is 0 Å². The average Bonchev–Trinajstić information content (AvgIpc) is 3.14. The zero-order valence-electron chi connectivity index (χ0n) is 19.6. The lowest BCUT2D eigenvalue weighted by atomic mass is 9.98. The fraction of sp³-hybridized carbons (Fsp3) is 0.333. The van der Waals surface area contributed by atoms with Crippen LogP contribution in [0.4, 0.5) is 22.0 Å². The minimum Gasteiger partial charge on any atom is -0.487 e. The molecule has 2 saturated heterocycles. The second-order valence-electron chi connectivity index (χ2n) is 9.25.